The van der Waals surface area contributed by atoms with Gasteiger partial charge < -0.3 is 4.98 Å². The van der Waals surface area contributed by atoms with Crippen molar-refractivity contribution in [1.29, 1.82) is 0 Å². The highest BCUT2D eigenvalue weighted by atomic mass is 35.5. The second kappa shape index (κ2) is 4.14. The fourth-order valence-corrected chi connectivity index (χ4v) is 1.75. The normalized spacial score (nSPS) is 12.9. The molecule has 0 radical (unpaired) electrons. The van der Waals surface area contributed by atoms with Gasteiger partial charge in [0.25, 0.3) is 5.56 Å². The van der Waals surface area contributed by atoms with Crippen LogP contribution < -0.4 is 11.2 Å². The molecule has 0 spiro atoms. The van der Waals surface area contributed by atoms with Crippen LogP contribution in [-0.4, -0.2) is 14.9 Å². The summed E-state index contributed by atoms with van der Waals surface area (Å²) in [5.41, 5.74) is -0.168. The van der Waals surface area contributed by atoms with Crippen molar-refractivity contribution in [2.24, 2.45) is 0 Å². The zero-order chi connectivity index (χ0) is 11.7. The summed E-state index contributed by atoms with van der Waals surface area (Å²) in [6, 6.07) is 6.92. The Morgan fingerprint density at radius 1 is 1.38 bits per heavy atom. The van der Waals surface area contributed by atoms with Crippen molar-refractivity contribution < 1.29 is 0 Å². The zero-order valence-corrected chi connectivity index (χ0v) is 9.49. The van der Waals surface area contributed by atoms with Gasteiger partial charge >= 0.3 is 5.69 Å². The van der Waals surface area contributed by atoms with Crippen molar-refractivity contribution in [3.63, 3.8) is 0 Å². The third kappa shape index (κ3) is 1.88. The van der Waals surface area contributed by atoms with E-state index >= 15 is 0 Å². The van der Waals surface area contributed by atoms with E-state index in [0.717, 1.165) is 4.57 Å². The Kier molecular flexibility index (Phi) is 2.83. The van der Waals surface area contributed by atoms with Crippen LogP contribution >= 0.6 is 11.6 Å². The second-order valence-corrected chi connectivity index (χ2v) is 4.42. The molecule has 16 heavy (non-hydrogen) atoms. The van der Waals surface area contributed by atoms with Gasteiger partial charge in [-0.05, 0) is 19.1 Å². The van der Waals surface area contributed by atoms with Crippen LogP contribution in [0.25, 0.3) is 10.9 Å². The average Bonchev–Trinajstić information content (AvgIpc) is 2.24. The lowest BCUT2D eigenvalue weighted by molar-refractivity contribution is 0.629. The first-order chi connectivity index (χ1) is 7.59. The highest BCUT2D eigenvalue weighted by Crippen LogP contribution is 2.03. The van der Waals surface area contributed by atoms with Crippen molar-refractivity contribution >= 4 is 22.5 Å². The van der Waals surface area contributed by atoms with Crippen LogP contribution in [0.3, 0.4) is 0 Å². The fourth-order valence-electron chi connectivity index (χ4n) is 1.62. The molecule has 1 aromatic carbocycles. The van der Waals surface area contributed by atoms with Gasteiger partial charge in [0.15, 0.2) is 0 Å². The summed E-state index contributed by atoms with van der Waals surface area (Å²) >= 11 is 5.79. The summed E-state index contributed by atoms with van der Waals surface area (Å²) in [5, 5.41) is 0.236. The lowest BCUT2D eigenvalue weighted by Crippen LogP contribution is -2.36. The molecule has 1 unspecified atom stereocenters. The van der Waals surface area contributed by atoms with E-state index in [1.165, 1.54) is 0 Å². The molecule has 2 rings (SSSR count). The molecule has 5 heteroatoms. The molecule has 0 saturated heterocycles. The van der Waals surface area contributed by atoms with Gasteiger partial charge in [-0.15, -0.1) is 11.6 Å². The molecular formula is C11H11ClN2O2. The van der Waals surface area contributed by atoms with E-state index in [4.69, 9.17) is 11.6 Å². The first kappa shape index (κ1) is 11.0. The Morgan fingerprint density at radius 2 is 2.06 bits per heavy atom. The lowest BCUT2D eigenvalue weighted by atomic mass is 10.2. The summed E-state index contributed by atoms with van der Waals surface area (Å²) in [5.74, 6) is 0. The number of benzene rings is 1. The standard InChI is InChI=1S/C11H11ClN2O2/c1-7(12)6-14-10(15)8-4-2-3-5-9(8)13-11(14)16/h2-5,7H,6H2,1H3,(H,13,16). The molecule has 1 atom stereocenters. The maximum absolute atomic E-state index is 12.0. The van der Waals surface area contributed by atoms with Gasteiger partial charge in [-0.3, -0.25) is 9.36 Å². The van der Waals surface area contributed by atoms with Gasteiger partial charge in [0.1, 0.15) is 0 Å². The molecule has 0 fully saturated rings. The number of fused-ring (bicyclic) bond motifs is 1. The SMILES string of the molecule is CC(Cl)Cn1c(=O)[nH]c2ccccc2c1=O. The largest absolute Gasteiger partial charge is 0.328 e. The predicted molar refractivity (Wildman–Crippen MR) is 64.1 cm³/mol. The number of hydrogen-bond acceptors (Lipinski definition) is 2. The van der Waals surface area contributed by atoms with Gasteiger partial charge in [0, 0.05) is 11.9 Å². The number of hydrogen-bond donors (Lipinski definition) is 1. The molecule has 4 nitrogen and oxygen atoms in total. The number of rotatable bonds is 2. The molecular weight excluding hydrogens is 228 g/mol. The maximum atomic E-state index is 12.0. The average molecular weight is 239 g/mol. The first-order valence-corrected chi connectivity index (χ1v) is 5.39. The van der Waals surface area contributed by atoms with Crippen molar-refractivity contribution in [3.05, 3.63) is 45.1 Å². The van der Waals surface area contributed by atoms with E-state index in [-0.39, 0.29) is 17.5 Å². The maximum Gasteiger partial charge on any atom is 0.328 e. The molecule has 0 amide bonds. The Hall–Kier alpha value is -1.55. The molecule has 2 aromatic rings. The van der Waals surface area contributed by atoms with E-state index < -0.39 is 5.69 Å². The molecule has 0 bridgehead atoms. The number of para-hydroxylation sites is 1. The number of nitrogens with one attached hydrogen (secondary N) is 1. The number of aromatic nitrogens is 2. The quantitative estimate of drug-likeness (QED) is 0.803. The van der Waals surface area contributed by atoms with Crippen molar-refractivity contribution in [2.75, 3.05) is 0 Å². The minimum atomic E-state index is -0.420. The van der Waals surface area contributed by atoms with Crippen LogP contribution in [0.15, 0.2) is 33.9 Å². The van der Waals surface area contributed by atoms with E-state index in [0.29, 0.717) is 10.9 Å². The highest BCUT2D eigenvalue weighted by Gasteiger charge is 2.08. The van der Waals surface area contributed by atoms with Gasteiger partial charge in [-0.2, -0.15) is 0 Å². The molecule has 0 aliphatic rings. The molecule has 1 N–H and O–H groups in total. The minimum absolute atomic E-state index is 0.209. The minimum Gasteiger partial charge on any atom is -0.307 e. The van der Waals surface area contributed by atoms with Crippen LogP contribution in [0.2, 0.25) is 0 Å². The lowest BCUT2D eigenvalue weighted by Gasteiger charge is -2.07. The summed E-state index contributed by atoms with van der Waals surface area (Å²) in [6.07, 6.45) is 0. The molecule has 0 saturated carbocycles. The zero-order valence-electron chi connectivity index (χ0n) is 8.74. The summed E-state index contributed by atoms with van der Waals surface area (Å²) < 4.78 is 1.12. The van der Waals surface area contributed by atoms with Crippen molar-refractivity contribution in [3.8, 4) is 0 Å². The van der Waals surface area contributed by atoms with Gasteiger partial charge in [0.05, 0.1) is 10.9 Å². The summed E-state index contributed by atoms with van der Waals surface area (Å²) in [6.45, 7) is 1.95. The summed E-state index contributed by atoms with van der Waals surface area (Å²) in [7, 11) is 0. The molecule has 0 aliphatic heterocycles. The number of halogens is 1. The third-order valence-corrected chi connectivity index (χ3v) is 2.46. The number of nitrogens with zero attached hydrogens (tertiary/aromatic N) is 1. The van der Waals surface area contributed by atoms with E-state index in [9.17, 15) is 9.59 Å². The second-order valence-electron chi connectivity index (χ2n) is 3.67. The van der Waals surface area contributed by atoms with Crippen LogP contribution in [0.4, 0.5) is 0 Å². The molecule has 1 heterocycles. The number of aromatic amines is 1. The van der Waals surface area contributed by atoms with E-state index in [1.807, 2.05) is 0 Å². The first-order valence-electron chi connectivity index (χ1n) is 4.95. The molecule has 0 aliphatic carbocycles. The monoisotopic (exact) mass is 238 g/mol. The van der Waals surface area contributed by atoms with Crippen LogP contribution in [0, 0.1) is 0 Å². The Morgan fingerprint density at radius 3 is 2.75 bits per heavy atom. The van der Waals surface area contributed by atoms with E-state index in [1.54, 1.807) is 31.2 Å². The smallest absolute Gasteiger partial charge is 0.307 e. The van der Waals surface area contributed by atoms with Crippen LogP contribution in [-0.2, 0) is 6.54 Å². The van der Waals surface area contributed by atoms with Crippen molar-refractivity contribution in [2.45, 2.75) is 18.8 Å². The highest BCUT2D eigenvalue weighted by molar-refractivity contribution is 6.20. The predicted octanol–water partition coefficient (Wildman–Crippen LogP) is 1.32. The van der Waals surface area contributed by atoms with Gasteiger partial charge in [-0.1, -0.05) is 12.1 Å². The summed E-state index contributed by atoms with van der Waals surface area (Å²) in [4.78, 5) is 26.3. The van der Waals surface area contributed by atoms with Crippen LogP contribution in [0.1, 0.15) is 6.92 Å². The molecule has 1 aromatic heterocycles. The fraction of sp³-hybridized carbons (Fsp3) is 0.273. The van der Waals surface area contributed by atoms with Gasteiger partial charge in [0.2, 0.25) is 0 Å². The Bertz CT molecular complexity index is 628. The Balaban J connectivity index is 2.76. The van der Waals surface area contributed by atoms with E-state index in [2.05, 4.69) is 4.98 Å². The number of alkyl halides is 1. The number of H-pyrrole nitrogens is 1. The van der Waals surface area contributed by atoms with Crippen molar-refractivity contribution in [1.82, 2.24) is 9.55 Å². The van der Waals surface area contributed by atoms with Gasteiger partial charge in [-0.25, -0.2) is 4.79 Å². The third-order valence-electron chi connectivity index (χ3n) is 2.32. The van der Waals surface area contributed by atoms with Crippen LogP contribution in [0.5, 0.6) is 0 Å². The topological polar surface area (TPSA) is 54.9 Å². The Labute approximate surface area is 96.5 Å². The molecule has 84 valence electrons.